The molecule has 16 heavy (non-hydrogen) atoms. The molecule has 0 atom stereocenters. The van der Waals surface area contributed by atoms with Crippen molar-refractivity contribution in [2.45, 2.75) is 24.4 Å². The van der Waals surface area contributed by atoms with Crippen molar-refractivity contribution in [1.82, 2.24) is 5.32 Å². The van der Waals surface area contributed by atoms with E-state index in [1.165, 1.54) is 0 Å². The van der Waals surface area contributed by atoms with Crippen molar-refractivity contribution in [3.8, 4) is 0 Å². The van der Waals surface area contributed by atoms with Crippen LogP contribution in [0.15, 0.2) is 24.3 Å². The summed E-state index contributed by atoms with van der Waals surface area (Å²) >= 11 is 5.92. The number of hydrogen-bond donors (Lipinski definition) is 2. The summed E-state index contributed by atoms with van der Waals surface area (Å²) in [5, 5.41) is 12.7. The topological polar surface area (TPSA) is 49.3 Å². The summed E-state index contributed by atoms with van der Waals surface area (Å²) in [4.78, 5) is 11.9. The highest BCUT2D eigenvalue weighted by Crippen LogP contribution is 2.44. The molecule has 86 valence electrons. The van der Waals surface area contributed by atoms with Crippen molar-refractivity contribution >= 4 is 17.5 Å². The number of benzene rings is 1. The molecule has 0 spiro atoms. The predicted molar refractivity (Wildman–Crippen MR) is 62.4 cm³/mol. The Morgan fingerprint density at radius 3 is 2.75 bits per heavy atom. The third-order valence-corrected chi connectivity index (χ3v) is 3.44. The molecule has 1 fully saturated rings. The van der Waals surface area contributed by atoms with Crippen LogP contribution in [0.4, 0.5) is 0 Å². The van der Waals surface area contributed by atoms with Gasteiger partial charge in [0.1, 0.15) is 0 Å². The first kappa shape index (κ1) is 11.4. The number of amides is 1. The molecule has 0 bridgehead atoms. The molecule has 0 aromatic heterocycles. The zero-order valence-electron chi connectivity index (χ0n) is 9.03. The summed E-state index contributed by atoms with van der Waals surface area (Å²) in [5.41, 5.74) is 0.281. The number of carbonyl (C=O) groups excluding carboxylic acids is 1. The Morgan fingerprint density at radius 1 is 1.56 bits per heavy atom. The van der Waals surface area contributed by atoms with E-state index in [-0.39, 0.29) is 5.91 Å². The van der Waals surface area contributed by atoms with E-state index < -0.39 is 11.5 Å². The minimum atomic E-state index is -0.598. The van der Waals surface area contributed by atoms with Gasteiger partial charge in [-0.05, 0) is 30.5 Å². The standard InChI is InChI=1S/C12H14ClNO2/c1-14-11(16)12(6-10(15)7-12)8-3-2-4-9(13)5-8/h2-5,10,15H,6-7H2,1H3,(H,14,16). The molecule has 0 aliphatic heterocycles. The molecule has 1 aromatic carbocycles. The average molecular weight is 240 g/mol. The molecule has 2 N–H and O–H groups in total. The maximum atomic E-state index is 11.9. The van der Waals surface area contributed by atoms with Crippen LogP contribution in [0, 0.1) is 0 Å². The number of rotatable bonds is 2. The summed E-state index contributed by atoms with van der Waals surface area (Å²) < 4.78 is 0. The zero-order chi connectivity index (χ0) is 11.8. The van der Waals surface area contributed by atoms with Gasteiger partial charge in [-0.25, -0.2) is 0 Å². The van der Waals surface area contributed by atoms with E-state index in [1.54, 1.807) is 19.2 Å². The second kappa shape index (κ2) is 4.07. The van der Waals surface area contributed by atoms with E-state index in [9.17, 15) is 9.90 Å². The van der Waals surface area contributed by atoms with E-state index in [4.69, 9.17) is 11.6 Å². The maximum Gasteiger partial charge on any atom is 0.230 e. The molecule has 1 saturated carbocycles. The second-order valence-corrected chi connectivity index (χ2v) is 4.67. The second-order valence-electron chi connectivity index (χ2n) is 4.23. The van der Waals surface area contributed by atoms with Gasteiger partial charge in [0.25, 0.3) is 0 Å². The molecular formula is C12H14ClNO2. The van der Waals surface area contributed by atoms with Crippen molar-refractivity contribution in [2.24, 2.45) is 0 Å². The van der Waals surface area contributed by atoms with Crippen LogP contribution in [-0.4, -0.2) is 24.2 Å². The fraction of sp³-hybridized carbons (Fsp3) is 0.417. The van der Waals surface area contributed by atoms with Gasteiger partial charge in [-0.1, -0.05) is 23.7 Å². The van der Waals surface area contributed by atoms with Gasteiger partial charge in [0, 0.05) is 12.1 Å². The SMILES string of the molecule is CNC(=O)C1(c2cccc(Cl)c2)CC(O)C1. The maximum absolute atomic E-state index is 11.9. The average Bonchev–Trinajstić information content (AvgIpc) is 2.23. The summed E-state index contributed by atoms with van der Waals surface area (Å²) in [6.07, 6.45) is 0.538. The highest BCUT2D eigenvalue weighted by Gasteiger charge is 2.50. The molecule has 2 rings (SSSR count). The number of nitrogens with one attached hydrogen (secondary N) is 1. The summed E-state index contributed by atoms with van der Waals surface area (Å²) in [7, 11) is 1.61. The summed E-state index contributed by atoms with van der Waals surface area (Å²) in [6, 6.07) is 7.28. The Hall–Kier alpha value is -1.06. The van der Waals surface area contributed by atoms with Crippen molar-refractivity contribution in [2.75, 3.05) is 7.05 Å². The Bertz CT molecular complexity index is 413. The van der Waals surface area contributed by atoms with E-state index in [0.717, 1.165) is 5.56 Å². The van der Waals surface area contributed by atoms with E-state index in [2.05, 4.69) is 5.32 Å². The van der Waals surface area contributed by atoms with Crippen molar-refractivity contribution in [1.29, 1.82) is 0 Å². The van der Waals surface area contributed by atoms with Crippen molar-refractivity contribution < 1.29 is 9.90 Å². The van der Waals surface area contributed by atoms with Gasteiger partial charge in [-0.3, -0.25) is 4.79 Å². The molecule has 1 aromatic rings. The van der Waals surface area contributed by atoms with Crippen LogP contribution in [-0.2, 0) is 10.2 Å². The largest absolute Gasteiger partial charge is 0.393 e. The lowest BCUT2D eigenvalue weighted by molar-refractivity contribution is -0.134. The van der Waals surface area contributed by atoms with Gasteiger partial charge in [-0.15, -0.1) is 0 Å². The molecule has 4 heteroatoms. The Kier molecular flexibility index (Phi) is 2.91. The van der Waals surface area contributed by atoms with Gasteiger partial charge < -0.3 is 10.4 Å². The predicted octanol–water partition coefficient (Wildman–Crippen LogP) is 1.48. The van der Waals surface area contributed by atoms with Crippen LogP contribution in [0.5, 0.6) is 0 Å². The van der Waals surface area contributed by atoms with Gasteiger partial charge >= 0.3 is 0 Å². The first-order valence-corrected chi connectivity index (χ1v) is 5.62. The summed E-state index contributed by atoms with van der Waals surface area (Å²) in [6.45, 7) is 0. The monoisotopic (exact) mass is 239 g/mol. The highest BCUT2D eigenvalue weighted by atomic mass is 35.5. The van der Waals surface area contributed by atoms with Crippen molar-refractivity contribution in [3.05, 3.63) is 34.9 Å². The summed E-state index contributed by atoms with van der Waals surface area (Å²) in [5.74, 6) is -0.0555. The van der Waals surface area contributed by atoms with E-state index in [0.29, 0.717) is 17.9 Å². The van der Waals surface area contributed by atoms with Crippen LogP contribution in [0.3, 0.4) is 0 Å². The number of hydrogen-bond acceptors (Lipinski definition) is 2. The molecule has 1 amide bonds. The molecular weight excluding hydrogens is 226 g/mol. The fourth-order valence-electron chi connectivity index (χ4n) is 2.32. The minimum absolute atomic E-state index is 0.0555. The number of aliphatic hydroxyl groups excluding tert-OH is 1. The van der Waals surface area contributed by atoms with Crippen molar-refractivity contribution in [3.63, 3.8) is 0 Å². The number of aliphatic hydroxyl groups is 1. The Morgan fingerprint density at radius 2 is 2.25 bits per heavy atom. The van der Waals surface area contributed by atoms with Gasteiger partial charge in [0.15, 0.2) is 0 Å². The Labute approximate surface area is 99.4 Å². The molecule has 0 radical (unpaired) electrons. The van der Waals surface area contributed by atoms with Crippen LogP contribution < -0.4 is 5.32 Å². The lowest BCUT2D eigenvalue weighted by Gasteiger charge is -2.44. The lowest BCUT2D eigenvalue weighted by atomic mass is 9.62. The lowest BCUT2D eigenvalue weighted by Crippen LogP contribution is -2.54. The smallest absolute Gasteiger partial charge is 0.230 e. The molecule has 3 nitrogen and oxygen atoms in total. The quantitative estimate of drug-likeness (QED) is 0.821. The third-order valence-electron chi connectivity index (χ3n) is 3.21. The Balaban J connectivity index is 2.37. The van der Waals surface area contributed by atoms with Gasteiger partial charge in [0.05, 0.1) is 11.5 Å². The molecule has 1 aliphatic carbocycles. The molecule has 0 saturated heterocycles. The third kappa shape index (κ3) is 1.70. The number of likely N-dealkylation sites (N-methyl/N-ethyl adjacent to an activating group) is 1. The van der Waals surface area contributed by atoms with Crippen LogP contribution in [0.25, 0.3) is 0 Å². The van der Waals surface area contributed by atoms with Gasteiger partial charge in [0.2, 0.25) is 5.91 Å². The van der Waals surface area contributed by atoms with Crippen LogP contribution in [0.1, 0.15) is 18.4 Å². The zero-order valence-corrected chi connectivity index (χ0v) is 9.79. The first-order valence-electron chi connectivity index (χ1n) is 5.25. The number of carbonyl (C=O) groups is 1. The van der Waals surface area contributed by atoms with Crippen LogP contribution >= 0.6 is 11.6 Å². The molecule has 1 aliphatic rings. The molecule has 0 unspecified atom stereocenters. The van der Waals surface area contributed by atoms with E-state index in [1.807, 2.05) is 12.1 Å². The highest BCUT2D eigenvalue weighted by molar-refractivity contribution is 6.30. The minimum Gasteiger partial charge on any atom is -0.393 e. The normalized spacial score (nSPS) is 28.3. The fourth-order valence-corrected chi connectivity index (χ4v) is 2.51. The van der Waals surface area contributed by atoms with Crippen LogP contribution in [0.2, 0.25) is 5.02 Å². The number of halogens is 1. The van der Waals surface area contributed by atoms with E-state index >= 15 is 0 Å². The molecule has 0 heterocycles. The first-order chi connectivity index (χ1) is 7.58. The van der Waals surface area contributed by atoms with Gasteiger partial charge in [-0.2, -0.15) is 0 Å².